The molecule has 0 aliphatic heterocycles. The molecule has 3 amide bonds. The van der Waals surface area contributed by atoms with E-state index in [2.05, 4.69) is 5.32 Å². The van der Waals surface area contributed by atoms with Gasteiger partial charge < -0.3 is 11.1 Å². The minimum absolute atomic E-state index is 0.357. The van der Waals surface area contributed by atoms with Gasteiger partial charge in [-0.15, -0.1) is 0 Å². The van der Waals surface area contributed by atoms with Crippen molar-refractivity contribution < 1.29 is 9.59 Å². The Bertz CT molecular complexity index is 421. The molecule has 0 fully saturated rings. The molecule has 1 rings (SSSR count). The summed E-state index contributed by atoms with van der Waals surface area (Å²) in [6, 6.07) is 7.67. The second kappa shape index (κ2) is 8.26. The zero-order chi connectivity index (χ0) is 14.1. The van der Waals surface area contributed by atoms with Gasteiger partial charge in [-0.25, -0.2) is 4.79 Å². The number of amides is 3. The summed E-state index contributed by atoms with van der Waals surface area (Å²) in [6.45, 7) is 3.36. The van der Waals surface area contributed by atoms with E-state index in [0.29, 0.717) is 32.5 Å². The van der Waals surface area contributed by atoms with Gasteiger partial charge in [0, 0.05) is 13.1 Å². The lowest BCUT2D eigenvalue weighted by molar-refractivity contribution is -0.115. The number of carbonyl (C=O) groups is 2. The quantitative estimate of drug-likeness (QED) is 0.722. The number of hydrogen-bond donors (Lipinski definition) is 2. The number of urea groups is 1. The maximum Gasteiger partial charge on any atom is 0.323 e. The van der Waals surface area contributed by atoms with Crippen molar-refractivity contribution in [3.8, 4) is 0 Å². The third kappa shape index (κ3) is 5.09. The molecule has 0 atom stereocenters. The fourth-order valence-corrected chi connectivity index (χ4v) is 1.76. The molecule has 5 nitrogen and oxygen atoms in total. The molecular formula is C14H21N3O2. The predicted molar refractivity (Wildman–Crippen MR) is 74.7 cm³/mol. The van der Waals surface area contributed by atoms with E-state index in [0.717, 1.165) is 11.3 Å². The monoisotopic (exact) mass is 263 g/mol. The Kier molecular flexibility index (Phi) is 6.60. The highest BCUT2D eigenvalue weighted by Gasteiger charge is 2.10. The number of aryl methyl sites for hydroxylation is 1. The number of imide groups is 1. The zero-order valence-electron chi connectivity index (χ0n) is 11.3. The first-order valence-corrected chi connectivity index (χ1v) is 6.43. The lowest BCUT2D eigenvalue weighted by atomic mass is 10.1. The van der Waals surface area contributed by atoms with Crippen molar-refractivity contribution in [1.82, 2.24) is 10.2 Å². The number of hydrogen-bond acceptors (Lipinski definition) is 3. The predicted octanol–water partition coefficient (Wildman–Crippen LogP) is 1.05. The highest BCUT2D eigenvalue weighted by Crippen LogP contribution is 2.06. The SMILES string of the molecule is Cc1ccccc1CCNC(=O)N(C=O)CCCN. The maximum absolute atomic E-state index is 11.7. The molecular weight excluding hydrogens is 242 g/mol. The second-order valence-electron chi connectivity index (χ2n) is 4.35. The van der Waals surface area contributed by atoms with Crippen LogP contribution in [0.5, 0.6) is 0 Å². The average molecular weight is 263 g/mol. The van der Waals surface area contributed by atoms with E-state index >= 15 is 0 Å². The van der Waals surface area contributed by atoms with Crippen molar-refractivity contribution in [2.45, 2.75) is 19.8 Å². The summed E-state index contributed by atoms with van der Waals surface area (Å²) in [5, 5.41) is 2.73. The lowest BCUT2D eigenvalue weighted by Gasteiger charge is -2.16. The lowest BCUT2D eigenvalue weighted by Crippen LogP contribution is -2.40. The van der Waals surface area contributed by atoms with Gasteiger partial charge in [0.15, 0.2) is 0 Å². The van der Waals surface area contributed by atoms with Gasteiger partial charge in [-0.3, -0.25) is 9.69 Å². The molecule has 0 unspecified atom stereocenters. The van der Waals surface area contributed by atoms with Crippen LogP contribution in [0.15, 0.2) is 24.3 Å². The van der Waals surface area contributed by atoms with Crippen LogP contribution in [-0.2, 0) is 11.2 Å². The van der Waals surface area contributed by atoms with Gasteiger partial charge in [0.05, 0.1) is 0 Å². The number of nitrogens with one attached hydrogen (secondary N) is 1. The minimum Gasteiger partial charge on any atom is -0.337 e. The summed E-state index contributed by atoms with van der Waals surface area (Å²) < 4.78 is 0. The molecule has 5 heteroatoms. The van der Waals surface area contributed by atoms with Gasteiger partial charge in [-0.05, 0) is 37.4 Å². The topological polar surface area (TPSA) is 75.4 Å². The smallest absolute Gasteiger partial charge is 0.323 e. The van der Waals surface area contributed by atoms with Crippen molar-refractivity contribution in [2.75, 3.05) is 19.6 Å². The van der Waals surface area contributed by atoms with E-state index in [1.807, 2.05) is 31.2 Å². The van der Waals surface area contributed by atoms with Crippen molar-refractivity contribution in [3.63, 3.8) is 0 Å². The molecule has 0 saturated carbocycles. The molecule has 0 aliphatic rings. The second-order valence-corrected chi connectivity index (χ2v) is 4.35. The Balaban J connectivity index is 2.37. The number of benzene rings is 1. The summed E-state index contributed by atoms with van der Waals surface area (Å²) in [5.41, 5.74) is 7.75. The molecule has 0 bridgehead atoms. The van der Waals surface area contributed by atoms with E-state index in [4.69, 9.17) is 5.73 Å². The van der Waals surface area contributed by atoms with Gasteiger partial charge in [0.1, 0.15) is 0 Å². The van der Waals surface area contributed by atoms with Gasteiger partial charge >= 0.3 is 6.03 Å². The van der Waals surface area contributed by atoms with Crippen molar-refractivity contribution in [2.24, 2.45) is 5.73 Å². The third-order valence-corrected chi connectivity index (χ3v) is 2.92. The van der Waals surface area contributed by atoms with Gasteiger partial charge in [-0.1, -0.05) is 24.3 Å². The van der Waals surface area contributed by atoms with Crippen molar-refractivity contribution in [1.29, 1.82) is 0 Å². The van der Waals surface area contributed by atoms with E-state index in [9.17, 15) is 9.59 Å². The number of rotatable bonds is 7. The summed E-state index contributed by atoms with van der Waals surface area (Å²) in [6.07, 6.45) is 1.91. The standard InChI is InChI=1S/C14H21N3O2/c1-12-5-2-3-6-13(12)7-9-16-14(19)17(11-18)10-4-8-15/h2-3,5-6,11H,4,7-10,15H2,1H3,(H,16,19). The van der Waals surface area contributed by atoms with Crippen LogP contribution < -0.4 is 11.1 Å². The zero-order valence-corrected chi connectivity index (χ0v) is 11.3. The summed E-state index contributed by atoms with van der Waals surface area (Å²) in [5.74, 6) is 0. The Morgan fingerprint density at radius 2 is 2.16 bits per heavy atom. The molecule has 3 N–H and O–H groups in total. The largest absolute Gasteiger partial charge is 0.337 e. The van der Waals surface area contributed by atoms with Crippen LogP contribution in [-0.4, -0.2) is 37.0 Å². The highest BCUT2D eigenvalue weighted by molar-refractivity contribution is 5.84. The highest BCUT2D eigenvalue weighted by atomic mass is 16.2. The van der Waals surface area contributed by atoms with Crippen LogP contribution in [0.4, 0.5) is 4.79 Å². The van der Waals surface area contributed by atoms with Gasteiger partial charge in [0.25, 0.3) is 0 Å². The van der Waals surface area contributed by atoms with E-state index < -0.39 is 0 Å². The average Bonchev–Trinajstić information content (AvgIpc) is 2.42. The van der Waals surface area contributed by atoms with Crippen molar-refractivity contribution in [3.05, 3.63) is 35.4 Å². The fraction of sp³-hybridized carbons (Fsp3) is 0.429. The molecule has 1 aromatic carbocycles. The Morgan fingerprint density at radius 1 is 1.42 bits per heavy atom. The molecule has 0 aromatic heterocycles. The van der Waals surface area contributed by atoms with Gasteiger partial charge in [0.2, 0.25) is 6.41 Å². The summed E-state index contributed by atoms with van der Waals surface area (Å²) in [4.78, 5) is 23.6. The van der Waals surface area contributed by atoms with Gasteiger partial charge in [-0.2, -0.15) is 0 Å². The normalized spacial score (nSPS) is 10.0. The van der Waals surface area contributed by atoms with Crippen molar-refractivity contribution >= 4 is 12.4 Å². The Morgan fingerprint density at radius 3 is 2.79 bits per heavy atom. The van der Waals surface area contributed by atoms with Crippen LogP contribution in [0.2, 0.25) is 0 Å². The Labute approximate surface area is 113 Å². The molecule has 0 heterocycles. The third-order valence-electron chi connectivity index (χ3n) is 2.92. The molecule has 0 saturated heterocycles. The Hall–Kier alpha value is -1.88. The van der Waals surface area contributed by atoms with E-state index in [1.165, 1.54) is 11.1 Å². The molecule has 0 radical (unpaired) electrons. The van der Waals surface area contributed by atoms with Crippen LogP contribution >= 0.6 is 0 Å². The van der Waals surface area contributed by atoms with E-state index in [1.54, 1.807) is 0 Å². The molecule has 0 aliphatic carbocycles. The molecule has 0 spiro atoms. The molecule has 19 heavy (non-hydrogen) atoms. The maximum atomic E-state index is 11.7. The summed E-state index contributed by atoms with van der Waals surface area (Å²) in [7, 11) is 0. The number of carbonyl (C=O) groups excluding carboxylic acids is 2. The fourth-order valence-electron chi connectivity index (χ4n) is 1.76. The number of nitrogens with two attached hydrogens (primary N) is 1. The minimum atomic E-state index is -0.364. The van der Waals surface area contributed by atoms with Crippen LogP contribution in [0.3, 0.4) is 0 Å². The van der Waals surface area contributed by atoms with Crippen LogP contribution in [0.25, 0.3) is 0 Å². The first-order valence-electron chi connectivity index (χ1n) is 6.43. The summed E-state index contributed by atoms with van der Waals surface area (Å²) >= 11 is 0. The first-order chi connectivity index (χ1) is 9.19. The molecule has 104 valence electrons. The van der Waals surface area contributed by atoms with Crippen LogP contribution in [0, 0.1) is 6.92 Å². The van der Waals surface area contributed by atoms with E-state index in [-0.39, 0.29) is 6.03 Å². The number of nitrogens with zero attached hydrogens (tertiary/aromatic N) is 1. The molecule has 1 aromatic rings. The first kappa shape index (κ1) is 15.2. The van der Waals surface area contributed by atoms with Crippen LogP contribution in [0.1, 0.15) is 17.5 Å².